The van der Waals surface area contributed by atoms with E-state index >= 15 is 0 Å². The second-order valence-electron chi connectivity index (χ2n) is 12.9. The second-order valence-corrected chi connectivity index (χ2v) is 13.8. The number of ether oxygens (including phenoxy) is 1. The van der Waals surface area contributed by atoms with E-state index in [0.717, 1.165) is 5.56 Å². The maximum absolute atomic E-state index is 14.7. The lowest BCUT2D eigenvalue weighted by Gasteiger charge is -2.43. The van der Waals surface area contributed by atoms with E-state index in [2.05, 4.69) is 30.9 Å². The number of carbonyl (C=O) groups excluding carboxylic acids is 2. The SMILES string of the molecule is COc1cc(C(=O)N2C(c3nccs3)C(C)(CO)CC2(Cn2cccn2)C(=O)C(C)(C)C)ccc1C(C)(C)C. The van der Waals surface area contributed by atoms with Crippen molar-refractivity contribution in [2.75, 3.05) is 13.7 Å². The third-order valence-corrected chi connectivity index (χ3v) is 8.51. The monoisotopic (exact) mass is 552 g/mol. The smallest absolute Gasteiger partial charge is 0.255 e. The molecule has 1 saturated heterocycles. The van der Waals surface area contributed by atoms with Crippen molar-refractivity contribution in [2.45, 2.75) is 78.4 Å². The van der Waals surface area contributed by atoms with Crippen molar-refractivity contribution in [1.29, 1.82) is 0 Å². The summed E-state index contributed by atoms with van der Waals surface area (Å²) in [5.41, 5.74) is -1.68. The Bertz CT molecular complexity index is 1320. The molecule has 1 amide bonds. The Morgan fingerprint density at radius 2 is 1.90 bits per heavy atom. The van der Waals surface area contributed by atoms with Crippen LogP contribution in [0.25, 0.3) is 0 Å². The van der Waals surface area contributed by atoms with Gasteiger partial charge in [0.25, 0.3) is 5.91 Å². The molecule has 3 unspecified atom stereocenters. The molecule has 3 aromatic rings. The lowest BCUT2D eigenvalue weighted by molar-refractivity contribution is -0.138. The molecular weight excluding hydrogens is 512 g/mol. The number of ketones is 1. The molecule has 210 valence electrons. The number of thiazole rings is 1. The minimum absolute atomic E-state index is 0.0872. The topological polar surface area (TPSA) is 97.6 Å². The van der Waals surface area contributed by atoms with E-state index in [-0.39, 0.29) is 36.7 Å². The third kappa shape index (κ3) is 5.14. The zero-order valence-electron chi connectivity index (χ0n) is 24.2. The quantitative estimate of drug-likeness (QED) is 0.428. The first-order valence-corrected chi connectivity index (χ1v) is 14.1. The lowest BCUT2D eigenvalue weighted by atomic mass is 9.72. The zero-order valence-corrected chi connectivity index (χ0v) is 25.0. The second kappa shape index (κ2) is 10.2. The minimum atomic E-state index is -1.29. The van der Waals surface area contributed by atoms with E-state index in [1.165, 1.54) is 11.3 Å². The maximum Gasteiger partial charge on any atom is 0.255 e. The van der Waals surface area contributed by atoms with Gasteiger partial charge in [0.1, 0.15) is 16.3 Å². The highest BCUT2D eigenvalue weighted by Crippen LogP contribution is 2.57. The van der Waals surface area contributed by atoms with Gasteiger partial charge in [-0.3, -0.25) is 14.3 Å². The summed E-state index contributed by atoms with van der Waals surface area (Å²) in [5, 5.41) is 17.8. The molecule has 3 heterocycles. The van der Waals surface area contributed by atoms with Gasteiger partial charge in [0.2, 0.25) is 0 Å². The fourth-order valence-electron chi connectivity index (χ4n) is 5.98. The van der Waals surface area contributed by atoms with Crippen LogP contribution >= 0.6 is 11.3 Å². The Morgan fingerprint density at radius 3 is 2.41 bits per heavy atom. The van der Waals surface area contributed by atoms with Crippen LogP contribution in [0.4, 0.5) is 0 Å². The van der Waals surface area contributed by atoms with Crippen LogP contribution in [0.5, 0.6) is 5.75 Å². The number of rotatable bonds is 7. The van der Waals surface area contributed by atoms with E-state index in [0.29, 0.717) is 16.3 Å². The number of aliphatic hydroxyl groups is 1. The summed E-state index contributed by atoms with van der Waals surface area (Å²) in [7, 11) is 1.60. The molecule has 2 aromatic heterocycles. The molecule has 1 N–H and O–H groups in total. The number of hydrogen-bond donors (Lipinski definition) is 1. The molecule has 1 fully saturated rings. The maximum atomic E-state index is 14.7. The molecule has 0 bridgehead atoms. The Balaban J connectivity index is 1.99. The molecule has 0 radical (unpaired) electrons. The summed E-state index contributed by atoms with van der Waals surface area (Å²) in [4.78, 5) is 35.6. The minimum Gasteiger partial charge on any atom is -0.496 e. The molecule has 3 atom stereocenters. The first-order chi connectivity index (χ1) is 18.2. The molecule has 0 spiro atoms. The van der Waals surface area contributed by atoms with Crippen LogP contribution in [0.1, 0.15) is 81.9 Å². The molecule has 9 heteroatoms. The predicted molar refractivity (Wildman–Crippen MR) is 152 cm³/mol. The van der Waals surface area contributed by atoms with Crippen molar-refractivity contribution in [2.24, 2.45) is 10.8 Å². The first kappa shape index (κ1) is 29.0. The number of aromatic nitrogens is 3. The molecule has 0 aliphatic carbocycles. The summed E-state index contributed by atoms with van der Waals surface area (Å²) in [5.74, 6) is 0.217. The van der Waals surface area contributed by atoms with Gasteiger partial charge in [-0.15, -0.1) is 11.3 Å². The predicted octanol–water partition coefficient (Wildman–Crippen LogP) is 5.29. The number of Topliss-reactive ketones (excluding diaryl/α,β-unsaturated/α-hetero) is 1. The standard InChI is InChI=1S/C30H40N4O4S/c1-27(2,3)21-11-10-20(16-22(21)38-8)25(36)34-23(24-31-13-15-39-24)29(7,19-35)17-30(34,26(37)28(4,5)6)18-33-14-9-12-32-33/h9-16,23,35H,17-19H2,1-8H3. The number of hydrogen-bond acceptors (Lipinski definition) is 7. The number of benzene rings is 1. The van der Waals surface area contributed by atoms with Gasteiger partial charge < -0.3 is 14.7 Å². The number of aliphatic hydroxyl groups excluding tert-OH is 1. The lowest BCUT2D eigenvalue weighted by Crippen LogP contribution is -2.59. The molecule has 1 aromatic carbocycles. The number of carbonyl (C=O) groups is 2. The van der Waals surface area contributed by atoms with Crippen molar-refractivity contribution >= 4 is 23.0 Å². The number of nitrogens with zero attached hydrogens (tertiary/aromatic N) is 4. The summed E-state index contributed by atoms with van der Waals surface area (Å²) >= 11 is 1.42. The third-order valence-electron chi connectivity index (χ3n) is 7.68. The Morgan fingerprint density at radius 1 is 1.18 bits per heavy atom. The van der Waals surface area contributed by atoms with Crippen molar-refractivity contribution in [3.8, 4) is 5.75 Å². The fourth-order valence-corrected chi connectivity index (χ4v) is 6.88. The molecule has 4 rings (SSSR count). The molecule has 1 aliphatic heterocycles. The molecule has 1 aliphatic rings. The van der Waals surface area contributed by atoms with E-state index in [9.17, 15) is 14.7 Å². The summed E-state index contributed by atoms with van der Waals surface area (Å²) in [6, 6.07) is 6.67. The van der Waals surface area contributed by atoms with Crippen LogP contribution in [0.3, 0.4) is 0 Å². The largest absolute Gasteiger partial charge is 0.496 e. The van der Waals surface area contributed by atoms with Crippen LogP contribution in [0.15, 0.2) is 48.2 Å². The van der Waals surface area contributed by atoms with Gasteiger partial charge in [0.05, 0.1) is 26.3 Å². The molecular formula is C30H40N4O4S. The van der Waals surface area contributed by atoms with Gasteiger partial charge in [0.15, 0.2) is 5.78 Å². The average molecular weight is 553 g/mol. The highest BCUT2D eigenvalue weighted by Gasteiger charge is 2.65. The van der Waals surface area contributed by atoms with Gasteiger partial charge in [-0.2, -0.15) is 5.10 Å². The Hall–Kier alpha value is -3.04. The van der Waals surface area contributed by atoms with Crippen molar-refractivity contribution in [1.82, 2.24) is 19.7 Å². The summed E-state index contributed by atoms with van der Waals surface area (Å²) < 4.78 is 7.43. The average Bonchev–Trinajstić information content (AvgIpc) is 3.62. The van der Waals surface area contributed by atoms with Crippen molar-refractivity contribution in [3.63, 3.8) is 0 Å². The van der Waals surface area contributed by atoms with Crippen LogP contribution < -0.4 is 4.74 Å². The fraction of sp³-hybridized carbons (Fsp3) is 0.533. The van der Waals surface area contributed by atoms with E-state index in [4.69, 9.17) is 4.74 Å². The van der Waals surface area contributed by atoms with Crippen molar-refractivity contribution < 1.29 is 19.4 Å². The Labute approximate surface area is 235 Å². The number of methoxy groups -OCH3 is 1. The molecule has 8 nitrogen and oxygen atoms in total. The van der Waals surface area contributed by atoms with Gasteiger partial charge in [0, 0.05) is 40.4 Å². The van der Waals surface area contributed by atoms with E-state index < -0.39 is 22.4 Å². The van der Waals surface area contributed by atoms with Crippen LogP contribution in [0.2, 0.25) is 0 Å². The van der Waals surface area contributed by atoms with Gasteiger partial charge >= 0.3 is 0 Å². The normalized spacial score (nSPS) is 23.7. The first-order valence-electron chi connectivity index (χ1n) is 13.2. The highest BCUT2D eigenvalue weighted by molar-refractivity contribution is 7.09. The molecule has 0 saturated carbocycles. The number of amides is 1. The number of likely N-dealkylation sites (tertiary alicyclic amines) is 1. The van der Waals surface area contributed by atoms with Gasteiger partial charge in [-0.25, -0.2) is 4.98 Å². The zero-order chi connectivity index (χ0) is 28.8. The Kier molecular flexibility index (Phi) is 7.55. The van der Waals surface area contributed by atoms with Gasteiger partial charge in [-0.05, 0) is 35.6 Å². The summed E-state index contributed by atoms with van der Waals surface area (Å²) in [6.45, 7) is 13.8. The van der Waals surface area contributed by atoms with Gasteiger partial charge in [-0.1, -0.05) is 54.5 Å². The van der Waals surface area contributed by atoms with Crippen LogP contribution in [-0.4, -0.2) is 55.7 Å². The highest BCUT2D eigenvalue weighted by atomic mass is 32.1. The molecule has 39 heavy (non-hydrogen) atoms. The van der Waals surface area contributed by atoms with E-state index in [1.54, 1.807) is 53.5 Å². The van der Waals surface area contributed by atoms with Crippen LogP contribution in [-0.2, 0) is 16.8 Å². The van der Waals surface area contributed by atoms with E-state index in [1.807, 2.05) is 39.1 Å². The summed E-state index contributed by atoms with van der Waals surface area (Å²) in [6.07, 6.45) is 5.42. The van der Waals surface area contributed by atoms with Crippen LogP contribution in [0, 0.1) is 10.8 Å². The van der Waals surface area contributed by atoms with Crippen molar-refractivity contribution in [3.05, 3.63) is 64.4 Å².